The van der Waals surface area contributed by atoms with Crippen LogP contribution in [0.2, 0.25) is 0 Å². The first-order valence-electron chi connectivity index (χ1n) is 12.9. The summed E-state index contributed by atoms with van der Waals surface area (Å²) >= 11 is 1.40. The van der Waals surface area contributed by atoms with Crippen LogP contribution in [-0.4, -0.2) is 52.2 Å². The van der Waals surface area contributed by atoms with Crippen LogP contribution in [0.25, 0.3) is 0 Å². The third-order valence-corrected chi connectivity index (χ3v) is 7.90. The Morgan fingerprint density at radius 1 is 0.925 bits per heavy atom. The molecule has 0 aromatic heterocycles. The molecule has 2 amide bonds. The van der Waals surface area contributed by atoms with Gasteiger partial charge in [-0.2, -0.15) is 0 Å². The maximum atomic E-state index is 13.8. The minimum Gasteiger partial charge on any atom is -0.484 e. The lowest BCUT2D eigenvalue weighted by atomic mass is 9.99. The fourth-order valence-electron chi connectivity index (χ4n) is 4.74. The maximum Gasteiger partial charge on any atom is 0.356 e. The third-order valence-electron chi connectivity index (χ3n) is 6.56. The van der Waals surface area contributed by atoms with Crippen LogP contribution in [0.3, 0.4) is 0 Å². The minimum absolute atomic E-state index is 0.0250. The van der Waals surface area contributed by atoms with Crippen LogP contribution in [0.1, 0.15) is 30.6 Å². The largest absolute Gasteiger partial charge is 0.484 e. The molecule has 3 aromatic rings. The van der Waals surface area contributed by atoms with Gasteiger partial charge in [0.05, 0.1) is 0 Å². The van der Waals surface area contributed by atoms with E-state index < -0.39 is 35.3 Å². The van der Waals surface area contributed by atoms with Crippen LogP contribution >= 0.6 is 11.8 Å². The lowest BCUT2D eigenvalue weighted by molar-refractivity contribution is -0.154. The molecule has 0 spiro atoms. The Labute approximate surface area is 236 Å². The quantitative estimate of drug-likeness (QED) is 0.297. The number of amides is 2. The fraction of sp³-hybridized carbons (Fsp3) is 0.226. The van der Waals surface area contributed by atoms with Crippen LogP contribution in [0.5, 0.6) is 5.75 Å². The molecular formula is C31H28N2O6S. The Bertz CT molecular complexity index is 1390. The zero-order valence-electron chi connectivity index (χ0n) is 21.8. The standard InChI is InChI=1S/C31H28N2O6S/c1-20(34)17-23-19-40-30-26(32-25(35)18-38-24-15-9-4-10-16-24)29(36)33(30)27(23)31(37)39-28(21-11-5-2-6-12-21)22-13-7-3-8-14-22/h2-16,26,28,30H,17-19H2,1H3,(H,32,35). The molecule has 1 N–H and O–H groups in total. The van der Waals surface area contributed by atoms with Gasteiger partial charge in [0.2, 0.25) is 0 Å². The fourth-order valence-corrected chi connectivity index (χ4v) is 6.08. The number of esters is 1. The van der Waals surface area contributed by atoms with Crippen LogP contribution < -0.4 is 10.1 Å². The number of hydrogen-bond donors (Lipinski definition) is 1. The van der Waals surface area contributed by atoms with E-state index in [1.54, 1.807) is 24.3 Å². The molecule has 8 nitrogen and oxygen atoms in total. The second-order valence-electron chi connectivity index (χ2n) is 9.49. The number of carbonyl (C=O) groups excluding carboxylic acids is 4. The van der Waals surface area contributed by atoms with Gasteiger partial charge in [0, 0.05) is 12.2 Å². The normalized spacial score (nSPS) is 18.1. The molecule has 5 rings (SSSR count). The molecule has 204 valence electrons. The number of thioether (sulfide) groups is 1. The molecule has 0 radical (unpaired) electrons. The molecule has 2 unspecified atom stereocenters. The number of fused-ring (bicyclic) bond motifs is 1. The van der Waals surface area contributed by atoms with Gasteiger partial charge in [-0.25, -0.2) is 4.79 Å². The van der Waals surface area contributed by atoms with Gasteiger partial charge in [0.15, 0.2) is 12.7 Å². The van der Waals surface area contributed by atoms with Gasteiger partial charge < -0.3 is 14.8 Å². The number of benzene rings is 3. The number of β-lactam (4-membered cyclic amide) rings is 1. The number of nitrogens with one attached hydrogen (secondary N) is 1. The van der Waals surface area contributed by atoms with Crippen LogP contribution in [0.15, 0.2) is 102 Å². The summed E-state index contributed by atoms with van der Waals surface area (Å²) in [6.07, 6.45) is -0.687. The number of rotatable bonds is 10. The van der Waals surface area contributed by atoms with Crippen molar-refractivity contribution in [2.24, 2.45) is 0 Å². The second-order valence-corrected chi connectivity index (χ2v) is 10.6. The van der Waals surface area contributed by atoms with Crippen LogP contribution in [-0.2, 0) is 23.9 Å². The first-order valence-corrected chi connectivity index (χ1v) is 13.9. The van der Waals surface area contributed by atoms with E-state index in [-0.39, 0.29) is 24.5 Å². The van der Waals surface area contributed by atoms with Gasteiger partial charge in [0.25, 0.3) is 11.8 Å². The van der Waals surface area contributed by atoms with Crippen molar-refractivity contribution in [3.05, 3.63) is 113 Å². The monoisotopic (exact) mass is 556 g/mol. The average Bonchev–Trinajstić information content (AvgIpc) is 2.98. The summed E-state index contributed by atoms with van der Waals surface area (Å²) in [7, 11) is 0. The van der Waals surface area contributed by atoms with E-state index in [4.69, 9.17) is 9.47 Å². The molecule has 3 aromatic carbocycles. The van der Waals surface area contributed by atoms with Crippen molar-refractivity contribution in [1.29, 1.82) is 0 Å². The van der Waals surface area contributed by atoms with Gasteiger partial charge in [0.1, 0.15) is 28.6 Å². The van der Waals surface area contributed by atoms with Crippen molar-refractivity contribution in [2.75, 3.05) is 12.4 Å². The molecule has 2 heterocycles. The highest BCUT2D eigenvalue weighted by Gasteiger charge is 2.54. The smallest absolute Gasteiger partial charge is 0.356 e. The molecular weight excluding hydrogens is 528 g/mol. The number of carbonyl (C=O) groups is 4. The highest BCUT2D eigenvalue weighted by atomic mass is 32.2. The predicted molar refractivity (Wildman–Crippen MR) is 150 cm³/mol. The van der Waals surface area contributed by atoms with Gasteiger partial charge >= 0.3 is 5.97 Å². The van der Waals surface area contributed by atoms with E-state index in [0.717, 1.165) is 11.1 Å². The maximum absolute atomic E-state index is 13.8. The van der Waals surface area contributed by atoms with E-state index in [0.29, 0.717) is 17.1 Å². The van der Waals surface area contributed by atoms with E-state index in [1.807, 2.05) is 66.7 Å². The summed E-state index contributed by atoms with van der Waals surface area (Å²) in [6, 6.07) is 26.8. The van der Waals surface area contributed by atoms with Gasteiger partial charge in [-0.3, -0.25) is 19.3 Å². The summed E-state index contributed by atoms with van der Waals surface area (Å²) in [4.78, 5) is 53.1. The summed E-state index contributed by atoms with van der Waals surface area (Å²) in [6.45, 7) is 1.19. The number of hydrogen-bond acceptors (Lipinski definition) is 7. The molecule has 2 aliphatic heterocycles. The summed E-state index contributed by atoms with van der Waals surface area (Å²) in [5, 5.41) is 2.22. The summed E-state index contributed by atoms with van der Waals surface area (Å²) < 4.78 is 11.6. The second kappa shape index (κ2) is 12.2. The number of nitrogens with zero attached hydrogens (tertiary/aromatic N) is 1. The highest BCUT2D eigenvalue weighted by molar-refractivity contribution is 8.00. The van der Waals surface area contributed by atoms with Gasteiger partial charge in [-0.15, -0.1) is 11.8 Å². The first-order chi connectivity index (χ1) is 19.4. The molecule has 1 fully saturated rings. The van der Waals surface area contributed by atoms with Crippen molar-refractivity contribution >= 4 is 35.3 Å². The number of para-hydroxylation sites is 1. The molecule has 9 heteroatoms. The minimum atomic E-state index is -0.822. The Morgan fingerprint density at radius 3 is 2.08 bits per heavy atom. The van der Waals surface area contributed by atoms with Crippen molar-refractivity contribution in [2.45, 2.75) is 30.9 Å². The third kappa shape index (κ3) is 5.94. The average molecular weight is 557 g/mol. The van der Waals surface area contributed by atoms with E-state index in [1.165, 1.54) is 23.6 Å². The Balaban J connectivity index is 1.35. The molecule has 2 atom stereocenters. The topological polar surface area (TPSA) is 102 Å². The van der Waals surface area contributed by atoms with Crippen molar-refractivity contribution < 1.29 is 28.7 Å². The van der Waals surface area contributed by atoms with Crippen LogP contribution in [0, 0.1) is 0 Å². The summed E-state index contributed by atoms with van der Waals surface area (Å²) in [5.74, 6) is -0.804. The summed E-state index contributed by atoms with van der Waals surface area (Å²) in [5.41, 5.74) is 2.16. The highest BCUT2D eigenvalue weighted by Crippen LogP contribution is 2.42. The van der Waals surface area contributed by atoms with E-state index in [9.17, 15) is 19.2 Å². The lowest BCUT2D eigenvalue weighted by Crippen LogP contribution is -2.71. The SMILES string of the molecule is CC(=O)CC1=C(C(=O)OC(c2ccccc2)c2ccccc2)N2C(=O)C(NC(=O)COc3ccccc3)C2SC1. The van der Waals surface area contributed by atoms with E-state index in [2.05, 4.69) is 5.32 Å². The van der Waals surface area contributed by atoms with E-state index >= 15 is 0 Å². The Kier molecular flexibility index (Phi) is 8.31. The lowest BCUT2D eigenvalue weighted by Gasteiger charge is -2.49. The van der Waals surface area contributed by atoms with Crippen molar-refractivity contribution in [1.82, 2.24) is 10.2 Å². The molecule has 2 aliphatic rings. The molecule has 0 aliphatic carbocycles. The number of Topliss-reactive ketones (excluding diaryl/α,β-unsaturated/α-hetero) is 1. The number of ketones is 1. The van der Waals surface area contributed by atoms with Gasteiger partial charge in [-0.05, 0) is 35.8 Å². The van der Waals surface area contributed by atoms with Crippen molar-refractivity contribution in [3.63, 3.8) is 0 Å². The Hall–Kier alpha value is -4.37. The molecule has 40 heavy (non-hydrogen) atoms. The predicted octanol–water partition coefficient (Wildman–Crippen LogP) is 4.03. The van der Waals surface area contributed by atoms with Crippen molar-refractivity contribution in [3.8, 4) is 5.75 Å². The Morgan fingerprint density at radius 2 is 1.50 bits per heavy atom. The van der Waals surface area contributed by atoms with Gasteiger partial charge in [-0.1, -0.05) is 78.9 Å². The molecule has 0 saturated carbocycles. The first kappa shape index (κ1) is 27.2. The molecule has 0 bridgehead atoms. The zero-order valence-corrected chi connectivity index (χ0v) is 22.6. The van der Waals surface area contributed by atoms with Crippen LogP contribution in [0.4, 0.5) is 0 Å². The number of ether oxygens (including phenoxy) is 2. The molecule has 1 saturated heterocycles. The zero-order chi connectivity index (χ0) is 28.1.